The summed E-state index contributed by atoms with van der Waals surface area (Å²) < 4.78 is 0. The smallest absolute Gasteiger partial charge is 0.275 e. The van der Waals surface area contributed by atoms with Gasteiger partial charge in [-0.15, -0.1) is 0 Å². The summed E-state index contributed by atoms with van der Waals surface area (Å²) in [6.07, 6.45) is 1.71. The quantitative estimate of drug-likeness (QED) is 0.856. The van der Waals surface area contributed by atoms with Crippen molar-refractivity contribution >= 4 is 11.7 Å². The molecule has 0 atom stereocenters. The Kier molecular flexibility index (Phi) is 3.14. The second-order valence-electron chi connectivity index (χ2n) is 3.84. The van der Waals surface area contributed by atoms with E-state index in [4.69, 9.17) is 0 Å². The fourth-order valence-corrected chi connectivity index (χ4v) is 1.39. The van der Waals surface area contributed by atoms with E-state index in [0.717, 1.165) is 11.3 Å². The first-order chi connectivity index (χ1) is 8.15. The Morgan fingerprint density at radius 1 is 1.18 bits per heavy atom. The van der Waals surface area contributed by atoms with E-state index in [2.05, 4.69) is 15.3 Å². The fourth-order valence-electron chi connectivity index (χ4n) is 1.39. The molecular formula is C13H13N3O. The van der Waals surface area contributed by atoms with E-state index in [9.17, 15) is 4.79 Å². The number of aryl methyl sites for hydroxylation is 2. The summed E-state index contributed by atoms with van der Waals surface area (Å²) in [4.78, 5) is 20.1. The maximum absolute atomic E-state index is 11.8. The molecule has 0 aliphatic heterocycles. The van der Waals surface area contributed by atoms with Gasteiger partial charge in [0.05, 0.1) is 0 Å². The Morgan fingerprint density at radius 2 is 2.00 bits per heavy atom. The Balaban J connectivity index is 2.14. The van der Waals surface area contributed by atoms with Crippen LogP contribution in [0.1, 0.15) is 21.7 Å². The molecule has 0 aromatic carbocycles. The van der Waals surface area contributed by atoms with Crippen molar-refractivity contribution in [3.05, 3.63) is 53.5 Å². The standard InChI is InChI=1S/C13H13N3O/c1-9-6-7-12(14-8-9)16-13(17)11-5-3-4-10(2)15-11/h3-8H,1-2H3,(H,14,16,17). The molecule has 0 unspecified atom stereocenters. The predicted octanol–water partition coefficient (Wildman–Crippen LogP) is 2.35. The monoisotopic (exact) mass is 227 g/mol. The van der Waals surface area contributed by atoms with E-state index >= 15 is 0 Å². The van der Waals surface area contributed by atoms with Crippen molar-refractivity contribution in [3.8, 4) is 0 Å². The van der Waals surface area contributed by atoms with Crippen LogP contribution >= 0.6 is 0 Å². The van der Waals surface area contributed by atoms with Gasteiger partial charge in [0.15, 0.2) is 0 Å². The average molecular weight is 227 g/mol. The van der Waals surface area contributed by atoms with Gasteiger partial charge in [-0.3, -0.25) is 4.79 Å². The molecule has 0 saturated heterocycles. The third-order valence-corrected chi connectivity index (χ3v) is 2.27. The predicted molar refractivity (Wildman–Crippen MR) is 65.9 cm³/mol. The summed E-state index contributed by atoms with van der Waals surface area (Å²) in [5, 5.41) is 2.70. The van der Waals surface area contributed by atoms with Gasteiger partial charge in [0.25, 0.3) is 5.91 Å². The molecular weight excluding hydrogens is 214 g/mol. The van der Waals surface area contributed by atoms with Crippen LogP contribution in [0, 0.1) is 13.8 Å². The highest BCUT2D eigenvalue weighted by Gasteiger charge is 2.07. The minimum atomic E-state index is -0.245. The number of pyridine rings is 2. The molecule has 0 aliphatic rings. The van der Waals surface area contributed by atoms with E-state index in [0.29, 0.717) is 11.5 Å². The van der Waals surface area contributed by atoms with Crippen LogP contribution in [0.15, 0.2) is 36.5 Å². The largest absolute Gasteiger partial charge is 0.305 e. The first-order valence-corrected chi connectivity index (χ1v) is 5.33. The van der Waals surface area contributed by atoms with E-state index < -0.39 is 0 Å². The summed E-state index contributed by atoms with van der Waals surface area (Å²) in [6, 6.07) is 8.99. The third-order valence-electron chi connectivity index (χ3n) is 2.27. The zero-order chi connectivity index (χ0) is 12.3. The van der Waals surface area contributed by atoms with E-state index in [-0.39, 0.29) is 5.91 Å². The van der Waals surface area contributed by atoms with Crippen molar-refractivity contribution < 1.29 is 4.79 Å². The van der Waals surface area contributed by atoms with Crippen LogP contribution in [-0.2, 0) is 0 Å². The fraction of sp³-hybridized carbons (Fsp3) is 0.154. The molecule has 2 rings (SSSR count). The number of hydrogen-bond donors (Lipinski definition) is 1. The van der Waals surface area contributed by atoms with Gasteiger partial charge in [0.2, 0.25) is 0 Å². The second kappa shape index (κ2) is 4.74. The maximum atomic E-state index is 11.8. The lowest BCUT2D eigenvalue weighted by atomic mass is 10.3. The van der Waals surface area contributed by atoms with Gasteiger partial charge in [0, 0.05) is 11.9 Å². The number of rotatable bonds is 2. The highest BCUT2D eigenvalue weighted by Crippen LogP contribution is 2.06. The number of aromatic nitrogens is 2. The van der Waals surface area contributed by atoms with Crippen molar-refractivity contribution in [2.24, 2.45) is 0 Å². The van der Waals surface area contributed by atoms with Crippen LogP contribution < -0.4 is 5.32 Å². The number of hydrogen-bond acceptors (Lipinski definition) is 3. The second-order valence-corrected chi connectivity index (χ2v) is 3.84. The normalized spacial score (nSPS) is 10.0. The zero-order valence-corrected chi connectivity index (χ0v) is 9.77. The van der Waals surface area contributed by atoms with Crippen molar-refractivity contribution in [3.63, 3.8) is 0 Å². The Morgan fingerprint density at radius 3 is 2.65 bits per heavy atom. The zero-order valence-electron chi connectivity index (χ0n) is 9.77. The van der Waals surface area contributed by atoms with Crippen LogP contribution in [0.5, 0.6) is 0 Å². The molecule has 4 nitrogen and oxygen atoms in total. The molecule has 0 fully saturated rings. The van der Waals surface area contributed by atoms with E-state index in [1.807, 2.05) is 26.0 Å². The summed E-state index contributed by atoms with van der Waals surface area (Å²) in [6.45, 7) is 3.79. The lowest BCUT2D eigenvalue weighted by Gasteiger charge is -2.04. The molecule has 2 aromatic rings. The Hall–Kier alpha value is -2.23. The van der Waals surface area contributed by atoms with Crippen LogP contribution in [0.25, 0.3) is 0 Å². The highest BCUT2D eigenvalue weighted by atomic mass is 16.1. The summed E-state index contributed by atoms with van der Waals surface area (Å²) in [5.74, 6) is 0.286. The van der Waals surface area contributed by atoms with Gasteiger partial charge < -0.3 is 5.32 Å². The van der Waals surface area contributed by atoms with Gasteiger partial charge in [-0.25, -0.2) is 9.97 Å². The molecule has 2 heterocycles. The number of anilines is 1. The molecule has 17 heavy (non-hydrogen) atoms. The average Bonchev–Trinajstić information content (AvgIpc) is 2.32. The van der Waals surface area contributed by atoms with Gasteiger partial charge >= 0.3 is 0 Å². The summed E-state index contributed by atoms with van der Waals surface area (Å²) in [7, 11) is 0. The van der Waals surface area contributed by atoms with Gasteiger partial charge in [0.1, 0.15) is 11.5 Å². The maximum Gasteiger partial charge on any atom is 0.275 e. The highest BCUT2D eigenvalue weighted by molar-refractivity contribution is 6.02. The van der Waals surface area contributed by atoms with E-state index in [1.54, 1.807) is 24.4 Å². The van der Waals surface area contributed by atoms with Crippen molar-refractivity contribution in [2.75, 3.05) is 5.32 Å². The first-order valence-electron chi connectivity index (χ1n) is 5.33. The minimum Gasteiger partial charge on any atom is -0.305 e. The SMILES string of the molecule is Cc1ccc(NC(=O)c2cccc(C)n2)nc1. The van der Waals surface area contributed by atoms with Gasteiger partial charge in [-0.05, 0) is 37.6 Å². The van der Waals surface area contributed by atoms with Crippen molar-refractivity contribution in [1.29, 1.82) is 0 Å². The van der Waals surface area contributed by atoms with Crippen molar-refractivity contribution in [2.45, 2.75) is 13.8 Å². The molecule has 1 amide bonds. The molecule has 0 radical (unpaired) electrons. The molecule has 86 valence electrons. The molecule has 0 saturated carbocycles. The van der Waals surface area contributed by atoms with Gasteiger partial charge in [-0.1, -0.05) is 12.1 Å². The van der Waals surface area contributed by atoms with Crippen LogP contribution in [0.4, 0.5) is 5.82 Å². The molecule has 0 spiro atoms. The van der Waals surface area contributed by atoms with Crippen molar-refractivity contribution in [1.82, 2.24) is 9.97 Å². The molecule has 4 heteroatoms. The van der Waals surface area contributed by atoms with Gasteiger partial charge in [-0.2, -0.15) is 0 Å². The topological polar surface area (TPSA) is 54.9 Å². The van der Waals surface area contributed by atoms with Crippen LogP contribution in [-0.4, -0.2) is 15.9 Å². The Labute approximate surface area is 99.7 Å². The van der Waals surface area contributed by atoms with Crippen LogP contribution in [0.2, 0.25) is 0 Å². The molecule has 0 bridgehead atoms. The lowest BCUT2D eigenvalue weighted by Crippen LogP contribution is -2.14. The summed E-state index contributed by atoms with van der Waals surface area (Å²) >= 11 is 0. The number of nitrogens with one attached hydrogen (secondary N) is 1. The third kappa shape index (κ3) is 2.87. The number of carbonyl (C=O) groups is 1. The number of amides is 1. The van der Waals surface area contributed by atoms with Crippen LogP contribution in [0.3, 0.4) is 0 Å². The first kappa shape index (κ1) is 11.3. The lowest BCUT2D eigenvalue weighted by molar-refractivity contribution is 0.102. The Bertz CT molecular complexity index is 535. The number of nitrogens with zero attached hydrogens (tertiary/aromatic N) is 2. The molecule has 2 aromatic heterocycles. The summed E-state index contributed by atoms with van der Waals surface area (Å²) in [5.41, 5.74) is 2.26. The number of carbonyl (C=O) groups excluding carboxylic acids is 1. The van der Waals surface area contributed by atoms with E-state index in [1.165, 1.54) is 0 Å². The molecule has 1 N–H and O–H groups in total. The molecule has 0 aliphatic carbocycles. The minimum absolute atomic E-state index is 0.245.